The van der Waals surface area contributed by atoms with Crippen LogP contribution in [0.2, 0.25) is 0 Å². The minimum absolute atomic E-state index is 0.179. The number of rotatable bonds is 2. The van der Waals surface area contributed by atoms with Crippen LogP contribution in [0.25, 0.3) is 0 Å². The third-order valence-electron chi connectivity index (χ3n) is 1.35. The molecule has 0 radical (unpaired) electrons. The third kappa shape index (κ3) is 1.75. The molecule has 0 saturated heterocycles. The minimum atomic E-state index is 0.179. The molecule has 1 heterocycles. The molecule has 0 aliphatic carbocycles. The van der Waals surface area contributed by atoms with Crippen LogP contribution in [0.5, 0.6) is 0 Å². The SMILES string of the molecule is Cc1nc(CN=C=O)oc1C. The number of aryl methyl sites for hydroxylation is 2. The van der Waals surface area contributed by atoms with E-state index in [4.69, 9.17) is 4.42 Å². The fourth-order valence-corrected chi connectivity index (χ4v) is 0.707. The lowest BCUT2D eigenvalue weighted by molar-refractivity contribution is 0.472. The fraction of sp³-hybridized carbons (Fsp3) is 0.429. The molecule has 58 valence electrons. The standard InChI is InChI=1S/C7H8N2O2/c1-5-6(2)11-7(9-5)3-8-4-10/h3H2,1-2H3. The Morgan fingerprint density at radius 3 is 2.82 bits per heavy atom. The van der Waals surface area contributed by atoms with Gasteiger partial charge in [-0.15, -0.1) is 0 Å². The smallest absolute Gasteiger partial charge is 0.235 e. The zero-order valence-corrected chi connectivity index (χ0v) is 6.42. The molecule has 0 aromatic carbocycles. The van der Waals surface area contributed by atoms with Gasteiger partial charge in [0.25, 0.3) is 0 Å². The molecule has 0 saturated carbocycles. The number of nitrogens with zero attached hydrogens (tertiary/aromatic N) is 2. The average molecular weight is 152 g/mol. The van der Waals surface area contributed by atoms with Gasteiger partial charge in [0.2, 0.25) is 12.0 Å². The minimum Gasteiger partial charge on any atom is -0.444 e. The lowest BCUT2D eigenvalue weighted by Crippen LogP contribution is -1.79. The fourth-order valence-electron chi connectivity index (χ4n) is 0.707. The van der Waals surface area contributed by atoms with Crippen molar-refractivity contribution in [3.8, 4) is 0 Å². The molecular formula is C7H8N2O2. The summed E-state index contributed by atoms with van der Waals surface area (Å²) >= 11 is 0. The summed E-state index contributed by atoms with van der Waals surface area (Å²) in [6.07, 6.45) is 1.42. The Kier molecular flexibility index (Phi) is 2.18. The first-order valence-electron chi connectivity index (χ1n) is 3.20. The number of oxazole rings is 1. The Morgan fingerprint density at radius 2 is 2.36 bits per heavy atom. The Labute approximate surface area is 64.0 Å². The monoisotopic (exact) mass is 152 g/mol. The Hall–Kier alpha value is -1.41. The van der Waals surface area contributed by atoms with E-state index in [0.717, 1.165) is 11.5 Å². The number of isocyanates is 1. The summed E-state index contributed by atoms with van der Waals surface area (Å²) in [5.74, 6) is 1.23. The normalized spacial score (nSPS) is 9.27. The summed E-state index contributed by atoms with van der Waals surface area (Å²) in [5, 5.41) is 0. The van der Waals surface area contributed by atoms with E-state index < -0.39 is 0 Å². The van der Waals surface area contributed by atoms with E-state index in [1.165, 1.54) is 6.08 Å². The maximum atomic E-state index is 9.71. The van der Waals surface area contributed by atoms with E-state index >= 15 is 0 Å². The molecule has 0 atom stereocenters. The van der Waals surface area contributed by atoms with Crippen LogP contribution in [-0.2, 0) is 11.3 Å². The van der Waals surface area contributed by atoms with E-state index in [1.807, 2.05) is 13.8 Å². The van der Waals surface area contributed by atoms with Crippen molar-refractivity contribution in [3.05, 3.63) is 17.3 Å². The first-order valence-corrected chi connectivity index (χ1v) is 3.20. The number of aliphatic imine (C=N–C) groups is 1. The molecule has 1 aromatic rings. The van der Waals surface area contributed by atoms with Crippen molar-refractivity contribution < 1.29 is 9.21 Å². The van der Waals surface area contributed by atoms with Crippen molar-refractivity contribution in [1.82, 2.24) is 4.98 Å². The second-order valence-corrected chi connectivity index (χ2v) is 2.16. The van der Waals surface area contributed by atoms with Gasteiger partial charge in [0, 0.05) is 0 Å². The predicted molar refractivity (Wildman–Crippen MR) is 37.8 cm³/mol. The molecule has 0 fully saturated rings. The van der Waals surface area contributed by atoms with Gasteiger partial charge in [-0.2, -0.15) is 4.99 Å². The molecule has 0 spiro atoms. The lowest BCUT2D eigenvalue weighted by atomic mass is 10.4. The van der Waals surface area contributed by atoms with Crippen LogP contribution in [-0.4, -0.2) is 11.1 Å². The van der Waals surface area contributed by atoms with Crippen molar-refractivity contribution in [2.45, 2.75) is 20.4 Å². The van der Waals surface area contributed by atoms with E-state index in [-0.39, 0.29) is 6.54 Å². The van der Waals surface area contributed by atoms with Gasteiger partial charge in [-0.1, -0.05) is 0 Å². The van der Waals surface area contributed by atoms with Gasteiger partial charge in [0.1, 0.15) is 12.3 Å². The molecular weight excluding hydrogens is 144 g/mol. The molecule has 4 nitrogen and oxygen atoms in total. The number of aromatic nitrogens is 1. The third-order valence-corrected chi connectivity index (χ3v) is 1.35. The Balaban J connectivity index is 2.80. The van der Waals surface area contributed by atoms with Crippen molar-refractivity contribution in [1.29, 1.82) is 0 Å². The zero-order chi connectivity index (χ0) is 8.27. The molecule has 0 amide bonds. The Bertz CT molecular complexity index is 278. The number of hydrogen-bond donors (Lipinski definition) is 0. The van der Waals surface area contributed by atoms with Gasteiger partial charge in [-0.3, -0.25) is 0 Å². The molecule has 0 unspecified atom stereocenters. The average Bonchev–Trinajstić information content (AvgIpc) is 2.28. The van der Waals surface area contributed by atoms with Crippen LogP contribution in [0.4, 0.5) is 0 Å². The highest BCUT2D eigenvalue weighted by molar-refractivity contribution is 5.32. The summed E-state index contributed by atoms with van der Waals surface area (Å²) in [5.41, 5.74) is 0.834. The van der Waals surface area contributed by atoms with Crippen LogP contribution in [0.3, 0.4) is 0 Å². The van der Waals surface area contributed by atoms with Crippen LogP contribution >= 0.6 is 0 Å². The molecule has 11 heavy (non-hydrogen) atoms. The molecule has 0 aliphatic rings. The molecule has 1 aromatic heterocycles. The summed E-state index contributed by atoms with van der Waals surface area (Å²) in [6, 6.07) is 0. The lowest BCUT2D eigenvalue weighted by Gasteiger charge is -1.81. The molecule has 0 bridgehead atoms. The molecule has 0 aliphatic heterocycles. The van der Waals surface area contributed by atoms with Crippen LogP contribution in [0.1, 0.15) is 17.3 Å². The van der Waals surface area contributed by atoms with Crippen LogP contribution < -0.4 is 0 Å². The van der Waals surface area contributed by atoms with E-state index in [9.17, 15) is 4.79 Å². The summed E-state index contributed by atoms with van der Waals surface area (Å²) in [7, 11) is 0. The maximum absolute atomic E-state index is 9.71. The van der Waals surface area contributed by atoms with Gasteiger partial charge >= 0.3 is 0 Å². The first kappa shape index (κ1) is 7.69. The van der Waals surface area contributed by atoms with E-state index in [2.05, 4.69) is 9.98 Å². The van der Waals surface area contributed by atoms with Crippen molar-refractivity contribution in [2.24, 2.45) is 4.99 Å². The molecule has 4 heteroatoms. The largest absolute Gasteiger partial charge is 0.444 e. The van der Waals surface area contributed by atoms with Gasteiger partial charge in [-0.25, -0.2) is 9.78 Å². The van der Waals surface area contributed by atoms with Gasteiger partial charge < -0.3 is 4.42 Å². The van der Waals surface area contributed by atoms with Gasteiger partial charge in [0.05, 0.1) is 5.69 Å². The van der Waals surface area contributed by atoms with Crippen LogP contribution in [0.15, 0.2) is 9.41 Å². The van der Waals surface area contributed by atoms with Gasteiger partial charge in [-0.05, 0) is 13.8 Å². The molecule has 1 rings (SSSR count). The number of hydrogen-bond acceptors (Lipinski definition) is 4. The zero-order valence-electron chi connectivity index (χ0n) is 6.42. The van der Waals surface area contributed by atoms with E-state index in [0.29, 0.717) is 5.89 Å². The quantitative estimate of drug-likeness (QED) is 0.471. The topological polar surface area (TPSA) is 55.5 Å². The second-order valence-electron chi connectivity index (χ2n) is 2.16. The maximum Gasteiger partial charge on any atom is 0.235 e. The highest BCUT2D eigenvalue weighted by Gasteiger charge is 2.02. The highest BCUT2D eigenvalue weighted by atomic mass is 16.4. The van der Waals surface area contributed by atoms with E-state index in [1.54, 1.807) is 0 Å². The molecule has 0 N–H and O–H groups in total. The Morgan fingerprint density at radius 1 is 1.64 bits per heavy atom. The first-order chi connectivity index (χ1) is 5.24. The van der Waals surface area contributed by atoms with Crippen molar-refractivity contribution >= 4 is 6.08 Å². The summed E-state index contributed by atoms with van der Waals surface area (Å²) in [4.78, 5) is 17.1. The second kappa shape index (κ2) is 3.12. The van der Waals surface area contributed by atoms with Crippen molar-refractivity contribution in [2.75, 3.05) is 0 Å². The van der Waals surface area contributed by atoms with Crippen LogP contribution in [0, 0.1) is 13.8 Å². The van der Waals surface area contributed by atoms with Crippen molar-refractivity contribution in [3.63, 3.8) is 0 Å². The van der Waals surface area contributed by atoms with Gasteiger partial charge in [0.15, 0.2) is 0 Å². The number of carbonyl (C=O) groups excluding carboxylic acids is 1. The summed E-state index contributed by atoms with van der Waals surface area (Å²) in [6.45, 7) is 3.83. The summed E-state index contributed by atoms with van der Waals surface area (Å²) < 4.78 is 5.13. The highest BCUT2D eigenvalue weighted by Crippen LogP contribution is 2.08. The predicted octanol–water partition coefficient (Wildman–Crippen LogP) is 1.13.